The summed E-state index contributed by atoms with van der Waals surface area (Å²) in [5, 5.41) is 4.60. The minimum Gasteiger partial charge on any atom is -0.455 e. The van der Waals surface area contributed by atoms with Crippen molar-refractivity contribution in [2.24, 2.45) is 0 Å². The molecule has 2 aromatic carbocycles. The second kappa shape index (κ2) is 7.23. The quantitative estimate of drug-likeness (QED) is 0.809. The van der Waals surface area contributed by atoms with Crippen LogP contribution in [0.1, 0.15) is 12.0 Å². The molecule has 1 heterocycles. The second-order valence-electron chi connectivity index (χ2n) is 6.14. The molecule has 1 fully saturated rings. The van der Waals surface area contributed by atoms with Gasteiger partial charge >= 0.3 is 5.97 Å². The second-order valence-corrected chi connectivity index (χ2v) is 8.37. The molecule has 1 unspecified atom stereocenters. The summed E-state index contributed by atoms with van der Waals surface area (Å²) in [5.41, 5.74) is 0.838. The maximum atomic E-state index is 12.0. The Labute approximate surface area is 146 Å². The van der Waals surface area contributed by atoms with Crippen LogP contribution in [0.5, 0.6) is 0 Å². The van der Waals surface area contributed by atoms with E-state index in [0.717, 1.165) is 16.3 Å². The molecule has 2 aromatic rings. The molecule has 0 radical (unpaired) electrons. The van der Waals surface area contributed by atoms with Gasteiger partial charge < -0.3 is 10.1 Å². The van der Waals surface area contributed by atoms with Crippen molar-refractivity contribution in [3.05, 3.63) is 48.0 Å². The number of fused-ring (bicyclic) bond motifs is 1. The van der Waals surface area contributed by atoms with Gasteiger partial charge in [-0.3, -0.25) is 9.59 Å². The molecule has 6 nitrogen and oxygen atoms in total. The summed E-state index contributed by atoms with van der Waals surface area (Å²) in [5.74, 6) is -0.944. The Morgan fingerprint density at radius 2 is 1.88 bits per heavy atom. The Kier molecular flexibility index (Phi) is 5.03. The molecule has 1 amide bonds. The van der Waals surface area contributed by atoms with E-state index in [-0.39, 0.29) is 17.9 Å². The number of nitrogens with one attached hydrogen (secondary N) is 1. The van der Waals surface area contributed by atoms with Gasteiger partial charge in [0.1, 0.15) is 0 Å². The minimum absolute atomic E-state index is 0.0529. The number of benzene rings is 2. The first kappa shape index (κ1) is 17.4. The third-order valence-corrected chi connectivity index (χ3v) is 5.94. The molecular weight excluding hydrogens is 342 g/mol. The summed E-state index contributed by atoms with van der Waals surface area (Å²) in [6.45, 7) is -0.403. The Hall–Kier alpha value is -2.41. The number of esters is 1. The van der Waals surface area contributed by atoms with Crippen molar-refractivity contribution in [2.45, 2.75) is 18.9 Å². The van der Waals surface area contributed by atoms with Gasteiger partial charge in [-0.25, -0.2) is 8.42 Å². The lowest BCUT2D eigenvalue weighted by Gasteiger charge is -2.11. The van der Waals surface area contributed by atoms with Gasteiger partial charge in [0.2, 0.25) is 0 Å². The van der Waals surface area contributed by atoms with Crippen molar-refractivity contribution in [2.75, 3.05) is 18.1 Å². The third kappa shape index (κ3) is 4.57. The maximum Gasteiger partial charge on any atom is 0.310 e. The molecule has 1 aliphatic rings. The average molecular weight is 361 g/mol. The standard InChI is InChI=1S/C18H19NO5S/c20-17(19-15-8-9-25(22,23)12-15)11-24-18(21)10-14-6-3-5-13-4-1-2-7-16(13)14/h1-7,15H,8-12H2,(H,19,20). The lowest BCUT2D eigenvalue weighted by atomic mass is 10.0. The van der Waals surface area contributed by atoms with Crippen molar-refractivity contribution in [3.63, 3.8) is 0 Å². The lowest BCUT2D eigenvalue weighted by molar-refractivity contribution is -0.148. The average Bonchev–Trinajstić information content (AvgIpc) is 2.92. The van der Waals surface area contributed by atoms with Gasteiger partial charge in [-0.1, -0.05) is 42.5 Å². The zero-order valence-corrected chi connectivity index (χ0v) is 14.4. The molecule has 0 aliphatic carbocycles. The van der Waals surface area contributed by atoms with Gasteiger partial charge in [-0.05, 0) is 22.8 Å². The molecule has 25 heavy (non-hydrogen) atoms. The molecule has 1 saturated heterocycles. The van der Waals surface area contributed by atoms with E-state index in [1.165, 1.54) is 0 Å². The van der Waals surface area contributed by atoms with Crippen LogP contribution in [-0.4, -0.2) is 44.4 Å². The van der Waals surface area contributed by atoms with E-state index in [1.807, 2.05) is 42.5 Å². The van der Waals surface area contributed by atoms with Crippen LogP contribution < -0.4 is 5.32 Å². The van der Waals surface area contributed by atoms with Gasteiger partial charge in [-0.15, -0.1) is 0 Å². The smallest absolute Gasteiger partial charge is 0.310 e. The van der Waals surface area contributed by atoms with Crippen LogP contribution >= 0.6 is 0 Å². The molecular formula is C18H19NO5S. The Morgan fingerprint density at radius 1 is 1.12 bits per heavy atom. The number of ether oxygens (including phenoxy) is 1. The molecule has 0 aromatic heterocycles. The zero-order valence-electron chi connectivity index (χ0n) is 13.6. The molecule has 132 valence electrons. The fraction of sp³-hybridized carbons (Fsp3) is 0.333. The zero-order chi connectivity index (χ0) is 17.9. The molecule has 0 spiro atoms. The highest BCUT2D eigenvalue weighted by Gasteiger charge is 2.29. The van der Waals surface area contributed by atoms with Crippen molar-refractivity contribution < 1.29 is 22.7 Å². The predicted molar refractivity (Wildman–Crippen MR) is 93.8 cm³/mol. The van der Waals surface area contributed by atoms with Gasteiger partial charge in [0.05, 0.1) is 17.9 Å². The van der Waals surface area contributed by atoms with Gasteiger partial charge in [0, 0.05) is 6.04 Å². The first-order valence-corrected chi connectivity index (χ1v) is 9.87. The normalized spacial score (nSPS) is 18.8. The van der Waals surface area contributed by atoms with Crippen LogP contribution in [0.4, 0.5) is 0 Å². The maximum absolute atomic E-state index is 12.0. The Balaban J connectivity index is 1.52. The fourth-order valence-electron chi connectivity index (χ4n) is 2.98. The van der Waals surface area contributed by atoms with Gasteiger partial charge in [0.25, 0.3) is 5.91 Å². The number of hydrogen-bond acceptors (Lipinski definition) is 5. The number of amides is 1. The van der Waals surface area contributed by atoms with Crippen LogP contribution in [-0.2, 0) is 30.6 Å². The Bertz CT molecular complexity index is 901. The van der Waals surface area contributed by atoms with Crippen LogP contribution in [0.25, 0.3) is 10.8 Å². The topological polar surface area (TPSA) is 89.5 Å². The van der Waals surface area contributed by atoms with Crippen LogP contribution in [0.2, 0.25) is 0 Å². The van der Waals surface area contributed by atoms with E-state index < -0.39 is 34.4 Å². The molecule has 1 N–H and O–H groups in total. The van der Waals surface area contributed by atoms with Gasteiger partial charge in [0.15, 0.2) is 16.4 Å². The molecule has 0 bridgehead atoms. The highest BCUT2D eigenvalue weighted by molar-refractivity contribution is 7.91. The summed E-state index contributed by atoms with van der Waals surface area (Å²) in [4.78, 5) is 23.8. The summed E-state index contributed by atoms with van der Waals surface area (Å²) in [6, 6.07) is 13.0. The lowest BCUT2D eigenvalue weighted by Crippen LogP contribution is -2.38. The van der Waals surface area contributed by atoms with E-state index in [1.54, 1.807) is 0 Å². The summed E-state index contributed by atoms with van der Waals surface area (Å²) < 4.78 is 27.7. The first-order valence-electron chi connectivity index (χ1n) is 8.05. The van der Waals surface area contributed by atoms with E-state index in [9.17, 15) is 18.0 Å². The summed E-state index contributed by atoms with van der Waals surface area (Å²) in [6.07, 6.45) is 0.477. The number of carbonyl (C=O) groups excluding carboxylic acids is 2. The predicted octanol–water partition coefficient (Wildman–Crippen LogP) is 1.23. The van der Waals surface area contributed by atoms with Crippen molar-refractivity contribution in [1.82, 2.24) is 5.32 Å². The monoisotopic (exact) mass is 361 g/mol. The largest absolute Gasteiger partial charge is 0.455 e. The summed E-state index contributed by atoms with van der Waals surface area (Å²) in [7, 11) is -3.06. The van der Waals surface area contributed by atoms with Crippen molar-refractivity contribution in [1.29, 1.82) is 0 Å². The number of carbonyl (C=O) groups is 2. The SMILES string of the molecule is O=C(COC(=O)Cc1cccc2ccccc12)NC1CCS(=O)(=O)C1. The third-order valence-electron chi connectivity index (χ3n) is 4.18. The molecule has 1 atom stereocenters. The van der Waals surface area contributed by atoms with E-state index in [0.29, 0.717) is 6.42 Å². The van der Waals surface area contributed by atoms with E-state index in [2.05, 4.69) is 5.32 Å². The fourth-order valence-corrected chi connectivity index (χ4v) is 4.65. The van der Waals surface area contributed by atoms with E-state index in [4.69, 9.17) is 4.74 Å². The van der Waals surface area contributed by atoms with Gasteiger partial charge in [-0.2, -0.15) is 0 Å². The number of sulfone groups is 1. The van der Waals surface area contributed by atoms with Crippen LogP contribution in [0.15, 0.2) is 42.5 Å². The van der Waals surface area contributed by atoms with Crippen molar-refractivity contribution >= 4 is 32.5 Å². The van der Waals surface area contributed by atoms with Crippen LogP contribution in [0, 0.1) is 0 Å². The highest BCUT2D eigenvalue weighted by atomic mass is 32.2. The van der Waals surface area contributed by atoms with E-state index >= 15 is 0 Å². The summed E-state index contributed by atoms with van der Waals surface area (Å²) >= 11 is 0. The molecule has 7 heteroatoms. The van der Waals surface area contributed by atoms with Crippen molar-refractivity contribution in [3.8, 4) is 0 Å². The van der Waals surface area contributed by atoms with Crippen LogP contribution in [0.3, 0.4) is 0 Å². The first-order chi connectivity index (χ1) is 11.9. The number of hydrogen-bond donors (Lipinski definition) is 1. The Morgan fingerprint density at radius 3 is 2.64 bits per heavy atom. The molecule has 0 saturated carbocycles. The minimum atomic E-state index is -3.06. The highest BCUT2D eigenvalue weighted by Crippen LogP contribution is 2.19. The molecule has 3 rings (SSSR count). The number of rotatable bonds is 5. The molecule has 1 aliphatic heterocycles.